The second-order valence-corrected chi connectivity index (χ2v) is 4.20. The van der Waals surface area contributed by atoms with Crippen LogP contribution in [0.1, 0.15) is 18.4 Å². The largest absolute Gasteiger partial charge is 0.480 e. The molecule has 1 heterocycles. The topological polar surface area (TPSA) is 82.8 Å². The van der Waals surface area contributed by atoms with Crippen molar-refractivity contribution in [2.45, 2.75) is 26.4 Å². The van der Waals surface area contributed by atoms with Crippen LogP contribution < -0.4 is 5.32 Å². The molecular formula is C12H18N2O4. The number of carbonyl (C=O) groups is 2. The van der Waals surface area contributed by atoms with Crippen molar-refractivity contribution in [3.8, 4) is 0 Å². The van der Waals surface area contributed by atoms with E-state index in [1.807, 2.05) is 19.1 Å². The van der Waals surface area contributed by atoms with Gasteiger partial charge < -0.3 is 14.4 Å². The van der Waals surface area contributed by atoms with Crippen LogP contribution in [0.2, 0.25) is 0 Å². The van der Waals surface area contributed by atoms with E-state index in [0.717, 1.165) is 5.76 Å². The van der Waals surface area contributed by atoms with Gasteiger partial charge in [0.15, 0.2) is 0 Å². The molecule has 0 aromatic carbocycles. The number of amides is 1. The van der Waals surface area contributed by atoms with Crippen molar-refractivity contribution >= 4 is 11.9 Å². The predicted molar refractivity (Wildman–Crippen MR) is 65.0 cm³/mol. The van der Waals surface area contributed by atoms with E-state index in [2.05, 4.69) is 5.32 Å². The molecule has 0 aliphatic rings. The number of hydrogen-bond acceptors (Lipinski definition) is 4. The van der Waals surface area contributed by atoms with Crippen LogP contribution in [0.4, 0.5) is 0 Å². The molecule has 6 heteroatoms. The number of nitrogens with zero attached hydrogens (tertiary/aromatic N) is 1. The molecule has 0 saturated carbocycles. The van der Waals surface area contributed by atoms with Gasteiger partial charge in [0.2, 0.25) is 5.91 Å². The first-order valence-electron chi connectivity index (χ1n) is 5.65. The molecule has 100 valence electrons. The van der Waals surface area contributed by atoms with Crippen LogP contribution in [0.3, 0.4) is 0 Å². The van der Waals surface area contributed by atoms with Crippen LogP contribution in [-0.4, -0.2) is 41.5 Å². The zero-order valence-corrected chi connectivity index (χ0v) is 10.8. The molecule has 0 fully saturated rings. The fraction of sp³-hybridized carbons (Fsp3) is 0.500. The molecule has 0 aliphatic heterocycles. The summed E-state index contributed by atoms with van der Waals surface area (Å²) in [7, 11) is 1.65. The normalized spacial score (nSPS) is 12.2. The van der Waals surface area contributed by atoms with E-state index in [4.69, 9.17) is 9.52 Å². The molecule has 0 unspecified atom stereocenters. The average Bonchev–Trinajstić information content (AvgIpc) is 2.70. The van der Waals surface area contributed by atoms with Crippen LogP contribution in [0.15, 0.2) is 16.5 Å². The third-order valence-corrected chi connectivity index (χ3v) is 2.54. The number of nitrogens with one attached hydrogen (secondary N) is 1. The Morgan fingerprint density at radius 1 is 1.50 bits per heavy atom. The van der Waals surface area contributed by atoms with Crippen LogP contribution in [-0.2, 0) is 16.1 Å². The van der Waals surface area contributed by atoms with Gasteiger partial charge in [-0.2, -0.15) is 0 Å². The highest BCUT2D eigenvalue weighted by molar-refractivity contribution is 5.79. The fourth-order valence-corrected chi connectivity index (χ4v) is 1.35. The van der Waals surface area contributed by atoms with Gasteiger partial charge in [0.05, 0.1) is 13.1 Å². The van der Waals surface area contributed by atoms with Crippen molar-refractivity contribution in [2.75, 3.05) is 13.6 Å². The van der Waals surface area contributed by atoms with Gasteiger partial charge in [-0.15, -0.1) is 0 Å². The number of carboxylic acid groups (broad SMARTS) is 1. The molecule has 1 atom stereocenters. The SMILES string of the molecule is Cc1ccc(CN(C)C(=O)CN[C@H](C)C(=O)O)o1. The van der Waals surface area contributed by atoms with Crippen LogP contribution in [0.5, 0.6) is 0 Å². The molecule has 0 spiro atoms. The zero-order valence-electron chi connectivity index (χ0n) is 10.8. The van der Waals surface area contributed by atoms with Crippen molar-refractivity contribution in [1.82, 2.24) is 10.2 Å². The molecule has 6 nitrogen and oxygen atoms in total. The molecule has 1 rings (SSSR count). The van der Waals surface area contributed by atoms with Crippen molar-refractivity contribution in [2.24, 2.45) is 0 Å². The highest BCUT2D eigenvalue weighted by Crippen LogP contribution is 2.08. The van der Waals surface area contributed by atoms with E-state index >= 15 is 0 Å². The minimum absolute atomic E-state index is 0.0103. The first-order valence-corrected chi connectivity index (χ1v) is 5.65. The third kappa shape index (κ3) is 4.21. The number of aliphatic carboxylic acids is 1. The third-order valence-electron chi connectivity index (χ3n) is 2.54. The molecule has 1 aromatic heterocycles. The van der Waals surface area contributed by atoms with E-state index in [1.165, 1.54) is 11.8 Å². The van der Waals surface area contributed by atoms with E-state index < -0.39 is 12.0 Å². The van der Waals surface area contributed by atoms with Crippen molar-refractivity contribution in [3.05, 3.63) is 23.7 Å². The second-order valence-electron chi connectivity index (χ2n) is 4.20. The zero-order chi connectivity index (χ0) is 13.7. The van der Waals surface area contributed by atoms with E-state index in [-0.39, 0.29) is 12.5 Å². The van der Waals surface area contributed by atoms with E-state index in [0.29, 0.717) is 12.3 Å². The smallest absolute Gasteiger partial charge is 0.320 e. The lowest BCUT2D eigenvalue weighted by Crippen LogP contribution is -2.41. The van der Waals surface area contributed by atoms with Gasteiger partial charge in [-0.25, -0.2) is 0 Å². The number of hydrogen-bond donors (Lipinski definition) is 2. The lowest BCUT2D eigenvalue weighted by molar-refractivity contribution is -0.139. The quantitative estimate of drug-likeness (QED) is 0.777. The van der Waals surface area contributed by atoms with Crippen molar-refractivity contribution < 1.29 is 19.1 Å². The maximum atomic E-state index is 11.7. The Bertz CT molecular complexity index is 427. The minimum Gasteiger partial charge on any atom is -0.480 e. The molecule has 0 aliphatic carbocycles. The molecule has 18 heavy (non-hydrogen) atoms. The number of likely N-dealkylation sites (N-methyl/N-ethyl adjacent to an activating group) is 1. The number of aryl methyl sites for hydroxylation is 1. The Balaban J connectivity index is 2.39. The standard InChI is InChI=1S/C12H18N2O4/c1-8-4-5-10(18-8)7-14(3)11(15)6-13-9(2)12(16)17/h4-5,9,13H,6-7H2,1-3H3,(H,16,17)/t9-/m1/s1. The van der Waals surface area contributed by atoms with Crippen LogP contribution in [0.25, 0.3) is 0 Å². The monoisotopic (exact) mass is 254 g/mol. The molecule has 0 radical (unpaired) electrons. The fourth-order valence-electron chi connectivity index (χ4n) is 1.35. The Morgan fingerprint density at radius 3 is 2.67 bits per heavy atom. The average molecular weight is 254 g/mol. The highest BCUT2D eigenvalue weighted by Gasteiger charge is 2.15. The summed E-state index contributed by atoms with van der Waals surface area (Å²) in [4.78, 5) is 23.8. The Morgan fingerprint density at radius 2 is 2.17 bits per heavy atom. The lowest BCUT2D eigenvalue weighted by atomic mass is 10.3. The summed E-state index contributed by atoms with van der Waals surface area (Å²) in [5, 5.41) is 11.3. The summed E-state index contributed by atoms with van der Waals surface area (Å²) in [5.41, 5.74) is 0. The van der Waals surface area contributed by atoms with Gasteiger partial charge in [0.25, 0.3) is 0 Å². The maximum absolute atomic E-state index is 11.7. The Hall–Kier alpha value is -1.82. The van der Waals surface area contributed by atoms with Gasteiger partial charge in [-0.05, 0) is 26.0 Å². The summed E-state index contributed by atoms with van der Waals surface area (Å²) < 4.78 is 5.36. The van der Waals surface area contributed by atoms with Gasteiger partial charge >= 0.3 is 5.97 Å². The van der Waals surface area contributed by atoms with E-state index in [9.17, 15) is 9.59 Å². The maximum Gasteiger partial charge on any atom is 0.320 e. The second kappa shape index (κ2) is 6.20. The Labute approximate surface area is 106 Å². The Kier molecular flexibility index (Phi) is 4.91. The molecule has 0 bridgehead atoms. The summed E-state index contributed by atoms with van der Waals surface area (Å²) >= 11 is 0. The van der Waals surface area contributed by atoms with Crippen molar-refractivity contribution in [1.29, 1.82) is 0 Å². The van der Waals surface area contributed by atoms with Gasteiger partial charge in [0.1, 0.15) is 17.6 Å². The molecule has 2 N–H and O–H groups in total. The van der Waals surface area contributed by atoms with Gasteiger partial charge in [-0.1, -0.05) is 0 Å². The molecule has 0 saturated heterocycles. The minimum atomic E-state index is -0.980. The highest BCUT2D eigenvalue weighted by atomic mass is 16.4. The van der Waals surface area contributed by atoms with Gasteiger partial charge in [0, 0.05) is 7.05 Å². The molecule has 1 aromatic rings. The van der Waals surface area contributed by atoms with Crippen LogP contribution in [0, 0.1) is 6.92 Å². The number of carboxylic acids is 1. The molecular weight excluding hydrogens is 236 g/mol. The van der Waals surface area contributed by atoms with E-state index in [1.54, 1.807) is 7.05 Å². The first-order chi connectivity index (χ1) is 8.40. The predicted octanol–water partition coefficient (Wildman–Crippen LogP) is 0.609. The summed E-state index contributed by atoms with van der Waals surface area (Å²) in [6, 6.07) is 2.90. The number of rotatable bonds is 6. The summed E-state index contributed by atoms with van der Waals surface area (Å²) in [6.07, 6.45) is 0. The van der Waals surface area contributed by atoms with Gasteiger partial charge in [-0.3, -0.25) is 14.9 Å². The number of furan rings is 1. The first kappa shape index (κ1) is 14.2. The summed E-state index contributed by atoms with van der Waals surface area (Å²) in [5.74, 6) is 0.336. The lowest BCUT2D eigenvalue weighted by Gasteiger charge is -2.17. The van der Waals surface area contributed by atoms with Crippen LogP contribution >= 0.6 is 0 Å². The summed E-state index contributed by atoms with van der Waals surface area (Å²) in [6.45, 7) is 3.69. The number of carbonyl (C=O) groups excluding carboxylic acids is 1. The molecule has 1 amide bonds. The van der Waals surface area contributed by atoms with Crippen molar-refractivity contribution in [3.63, 3.8) is 0 Å².